The van der Waals surface area contributed by atoms with Gasteiger partial charge >= 0.3 is 47.6 Å². The molecule has 0 spiro atoms. The van der Waals surface area contributed by atoms with Crippen molar-refractivity contribution in [2.45, 2.75) is 0 Å². The maximum Gasteiger partial charge on any atom is 1.00 e. The van der Waals surface area contributed by atoms with Gasteiger partial charge in [0.2, 0.25) is 0 Å². The number of ether oxygens (including phenoxy) is 1. The van der Waals surface area contributed by atoms with Crippen molar-refractivity contribution in [2.24, 2.45) is 0 Å². The first-order valence-electron chi connectivity index (χ1n) is 4.62. The molecule has 18 heavy (non-hydrogen) atoms. The van der Waals surface area contributed by atoms with Crippen molar-refractivity contribution in [3.8, 4) is 6.08 Å². The van der Waals surface area contributed by atoms with Gasteiger partial charge in [0.25, 0.3) is 0 Å². The van der Waals surface area contributed by atoms with Gasteiger partial charge in [0, 0.05) is 0 Å². The van der Waals surface area contributed by atoms with Crippen molar-refractivity contribution >= 4 is 11.9 Å². The summed E-state index contributed by atoms with van der Waals surface area (Å²) in [5.74, 6) is -1.84. The Bertz CT molecular complexity index is 558. The smallest absolute Gasteiger partial charge is 1.00 e. The number of hydrogen-bond acceptors (Lipinski definition) is 5. The molecule has 0 saturated carbocycles. The molecular formula is C11H8NNaO5. The third-order valence-corrected chi connectivity index (χ3v) is 1.93. The topological polar surface area (TPSA) is 89.6 Å². The summed E-state index contributed by atoms with van der Waals surface area (Å²) in [6, 6.07) is 5.49. The Morgan fingerprint density at radius 1 is 1.33 bits per heavy atom. The summed E-state index contributed by atoms with van der Waals surface area (Å²) in [6.07, 6.45) is 2.41. The van der Waals surface area contributed by atoms with E-state index in [0.29, 0.717) is 0 Å². The zero-order valence-corrected chi connectivity index (χ0v) is 11.5. The fraction of sp³-hybridized carbons (Fsp3) is 0. The van der Waals surface area contributed by atoms with Crippen LogP contribution in [0.1, 0.15) is 22.1 Å². The summed E-state index contributed by atoms with van der Waals surface area (Å²) < 4.78 is 9.50. The van der Waals surface area contributed by atoms with Crippen molar-refractivity contribution in [1.82, 2.24) is 4.98 Å². The van der Waals surface area contributed by atoms with Gasteiger partial charge in [0.05, 0.1) is 17.3 Å². The molecular weight excluding hydrogens is 249 g/mol. The molecule has 1 aromatic heterocycles. The SMILES string of the molecule is O=C(O)c1cccc(C(=O)Oc2ncco2)c1.[H-].[Na+]. The number of rotatable bonds is 3. The number of carbonyl (C=O) groups is 2. The number of oxazole rings is 1. The average molecular weight is 257 g/mol. The van der Waals surface area contributed by atoms with E-state index in [9.17, 15) is 9.59 Å². The van der Waals surface area contributed by atoms with Gasteiger partial charge in [-0.15, -0.1) is 0 Å². The fourth-order valence-electron chi connectivity index (χ4n) is 1.18. The Morgan fingerprint density at radius 3 is 2.67 bits per heavy atom. The van der Waals surface area contributed by atoms with Crippen LogP contribution < -0.4 is 34.3 Å². The Balaban J connectivity index is 0.00000162. The second-order valence-electron chi connectivity index (χ2n) is 3.07. The molecule has 88 valence electrons. The van der Waals surface area contributed by atoms with Crippen molar-refractivity contribution in [3.05, 3.63) is 47.9 Å². The molecule has 0 aliphatic carbocycles. The first-order chi connectivity index (χ1) is 8.16. The molecule has 1 aromatic carbocycles. The van der Waals surface area contributed by atoms with Crippen LogP contribution in [0.4, 0.5) is 0 Å². The molecule has 0 radical (unpaired) electrons. The number of nitrogens with zero attached hydrogens (tertiary/aromatic N) is 1. The fourth-order valence-corrected chi connectivity index (χ4v) is 1.18. The number of carboxylic acids is 1. The van der Waals surface area contributed by atoms with Crippen molar-refractivity contribution in [2.75, 3.05) is 0 Å². The zero-order valence-electron chi connectivity index (χ0n) is 10.5. The monoisotopic (exact) mass is 257 g/mol. The largest absolute Gasteiger partial charge is 1.00 e. The van der Waals surface area contributed by atoms with E-state index < -0.39 is 11.9 Å². The van der Waals surface area contributed by atoms with Crippen LogP contribution in [0.15, 0.2) is 41.1 Å². The van der Waals surface area contributed by atoms with Crippen molar-refractivity contribution in [1.29, 1.82) is 0 Å². The zero-order chi connectivity index (χ0) is 12.3. The third-order valence-electron chi connectivity index (χ3n) is 1.93. The molecule has 2 aromatic rings. The summed E-state index contributed by atoms with van der Waals surface area (Å²) in [7, 11) is 0. The second kappa shape index (κ2) is 6.34. The number of benzene rings is 1. The second-order valence-corrected chi connectivity index (χ2v) is 3.07. The number of aromatic carboxylic acids is 1. The number of hydrogen-bond donors (Lipinski definition) is 1. The minimum absolute atomic E-state index is 0. The van der Waals surface area contributed by atoms with E-state index in [0.717, 1.165) is 0 Å². The Hall–Kier alpha value is -1.63. The van der Waals surface area contributed by atoms with Crippen molar-refractivity contribution in [3.63, 3.8) is 0 Å². The van der Waals surface area contributed by atoms with Crippen LogP contribution in [0, 0.1) is 0 Å². The van der Waals surface area contributed by atoms with E-state index in [1.807, 2.05) is 0 Å². The maximum atomic E-state index is 11.6. The molecule has 0 saturated heterocycles. The molecule has 7 heteroatoms. The van der Waals surface area contributed by atoms with E-state index in [2.05, 4.69) is 4.98 Å². The predicted molar refractivity (Wildman–Crippen MR) is 56.0 cm³/mol. The normalized spacial score (nSPS) is 9.33. The van der Waals surface area contributed by atoms with Gasteiger partial charge in [0.1, 0.15) is 6.26 Å². The molecule has 1 N–H and O–H groups in total. The summed E-state index contributed by atoms with van der Waals surface area (Å²) >= 11 is 0. The molecule has 0 atom stereocenters. The first-order valence-corrected chi connectivity index (χ1v) is 4.62. The first kappa shape index (κ1) is 14.4. The van der Waals surface area contributed by atoms with Gasteiger partial charge in [-0.3, -0.25) is 0 Å². The van der Waals surface area contributed by atoms with Crippen molar-refractivity contribution < 1.29 is 54.8 Å². The maximum absolute atomic E-state index is 11.6. The van der Waals surface area contributed by atoms with E-state index in [4.69, 9.17) is 14.3 Å². The van der Waals surface area contributed by atoms with Crippen LogP contribution in [-0.4, -0.2) is 22.0 Å². The van der Waals surface area contributed by atoms with Crippen LogP contribution in [0.25, 0.3) is 0 Å². The van der Waals surface area contributed by atoms with Gasteiger partial charge in [-0.05, 0) is 18.2 Å². The number of carboxylic acid groups (broad SMARTS) is 1. The van der Waals surface area contributed by atoms with Crippen LogP contribution in [0.3, 0.4) is 0 Å². The molecule has 1 heterocycles. The molecule has 6 nitrogen and oxygen atoms in total. The van der Waals surface area contributed by atoms with Crippen LogP contribution in [-0.2, 0) is 0 Å². The standard InChI is InChI=1S/C11H7NO5.Na.H/c13-9(14)7-2-1-3-8(6-7)10(15)17-11-12-4-5-16-11;;/h1-6H,(H,13,14);;/q;+1;-1. The van der Waals surface area contributed by atoms with Gasteiger partial charge in [-0.1, -0.05) is 6.07 Å². The third kappa shape index (κ3) is 3.43. The summed E-state index contributed by atoms with van der Waals surface area (Å²) in [5.41, 5.74) is 0.120. The molecule has 0 bridgehead atoms. The van der Waals surface area contributed by atoms with Gasteiger partial charge in [-0.25, -0.2) is 9.59 Å². The van der Waals surface area contributed by atoms with E-state index >= 15 is 0 Å². The van der Waals surface area contributed by atoms with E-state index in [-0.39, 0.29) is 48.2 Å². The number of esters is 1. The minimum Gasteiger partial charge on any atom is -1.00 e. The van der Waals surface area contributed by atoms with Crippen LogP contribution >= 0.6 is 0 Å². The molecule has 0 unspecified atom stereocenters. The summed E-state index contributed by atoms with van der Waals surface area (Å²) in [6.45, 7) is 0. The number of carbonyl (C=O) groups excluding carboxylic acids is 1. The molecule has 0 aliphatic rings. The van der Waals surface area contributed by atoms with Crippen LogP contribution in [0.5, 0.6) is 6.08 Å². The quantitative estimate of drug-likeness (QED) is 0.543. The average Bonchev–Trinajstić information content (AvgIpc) is 2.82. The Labute approximate surface area is 125 Å². The van der Waals surface area contributed by atoms with E-state index in [1.54, 1.807) is 0 Å². The summed E-state index contributed by atoms with van der Waals surface area (Å²) in [4.78, 5) is 25.9. The Morgan fingerprint density at radius 2 is 2.06 bits per heavy atom. The van der Waals surface area contributed by atoms with Crippen LogP contribution in [0.2, 0.25) is 0 Å². The minimum atomic E-state index is -1.12. The van der Waals surface area contributed by atoms with Gasteiger partial charge in [-0.2, -0.15) is 4.98 Å². The van der Waals surface area contributed by atoms with Gasteiger partial charge < -0.3 is 15.7 Å². The number of aromatic nitrogens is 1. The Kier molecular flexibility index (Phi) is 5.08. The molecule has 2 rings (SSSR count). The summed E-state index contributed by atoms with van der Waals surface area (Å²) in [5, 5.41) is 8.76. The van der Waals surface area contributed by atoms with E-state index in [1.165, 1.54) is 36.7 Å². The molecule has 0 aliphatic heterocycles. The molecule has 0 amide bonds. The van der Waals surface area contributed by atoms with Gasteiger partial charge in [0.15, 0.2) is 0 Å². The predicted octanol–water partition coefficient (Wildman–Crippen LogP) is -1.29. The molecule has 0 fully saturated rings.